The summed E-state index contributed by atoms with van der Waals surface area (Å²) in [5.74, 6) is 0.797. The van der Waals surface area contributed by atoms with Crippen molar-refractivity contribution in [1.29, 1.82) is 0 Å². The number of ether oxygens (including phenoxy) is 1. The minimum Gasteiger partial charge on any atom is -0.383 e. The number of aryl methyl sites for hydroxylation is 1. The Bertz CT molecular complexity index is 650. The third kappa shape index (κ3) is 6.46. The van der Waals surface area contributed by atoms with Crippen LogP contribution in [0.4, 0.5) is 5.69 Å². The molecule has 0 saturated carbocycles. The fourth-order valence-corrected chi connectivity index (χ4v) is 2.29. The zero-order valence-electron chi connectivity index (χ0n) is 15.2. The molecule has 0 unspecified atom stereocenters. The van der Waals surface area contributed by atoms with Gasteiger partial charge in [-0.3, -0.25) is 4.68 Å². The number of methoxy groups -OCH3 is 1. The molecule has 136 valence electrons. The van der Waals surface area contributed by atoms with Crippen molar-refractivity contribution < 1.29 is 4.74 Å². The molecule has 1 aromatic heterocycles. The molecule has 7 nitrogen and oxygen atoms in total. The Kier molecular flexibility index (Phi) is 7.78. The molecule has 0 aliphatic heterocycles. The van der Waals surface area contributed by atoms with Crippen molar-refractivity contribution in [3.05, 3.63) is 47.8 Å². The van der Waals surface area contributed by atoms with E-state index in [9.17, 15) is 0 Å². The van der Waals surface area contributed by atoms with E-state index in [0.29, 0.717) is 19.7 Å². The summed E-state index contributed by atoms with van der Waals surface area (Å²) in [6.45, 7) is 5.68. The number of anilines is 1. The lowest BCUT2D eigenvalue weighted by Gasteiger charge is -2.11. The molecule has 0 aliphatic rings. The summed E-state index contributed by atoms with van der Waals surface area (Å²) in [5, 5.41) is 14.1. The van der Waals surface area contributed by atoms with E-state index in [0.717, 1.165) is 36.0 Å². The number of hydrogen-bond acceptors (Lipinski definition) is 4. The van der Waals surface area contributed by atoms with E-state index in [1.165, 1.54) is 0 Å². The summed E-state index contributed by atoms with van der Waals surface area (Å²) in [7, 11) is 3.64. The van der Waals surface area contributed by atoms with Gasteiger partial charge >= 0.3 is 0 Å². The second kappa shape index (κ2) is 10.4. The van der Waals surface area contributed by atoms with E-state index in [1.807, 2.05) is 17.8 Å². The molecule has 7 heteroatoms. The van der Waals surface area contributed by atoms with Crippen molar-refractivity contribution in [3.63, 3.8) is 0 Å². The van der Waals surface area contributed by atoms with Crippen LogP contribution < -0.4 is 16.0 Å². The van der Waals surface area contributed by atoms with Crippen LogP contribution in [0.2, 0.25) is 0 Å². The Balaban J connectivity index is 1.88. The molecular weight excluding hydrogens is 316 g/mol. The largest absolute Gasteiger partial charge is 0.383 e. The maximum atomic E-state index is 5.03. The molecule has 25 heavy (non-hydrogen) atoms. The van der Waals surface area contributed by atoms with Crippen LogP contribution in [0.25, 0.3) is 0 Å². The number of benzene rings is 1. The van der Waals surface area contributed by atoms with Crippen LogP contribution in [0.15, 0.2) is 41.5 Å². The zero-order valence-corrected chi connectivity index (χ0v) is 15.2. The molecule has 1 aromatic carbocycles. The first kappa shape index (κ1) is 18.8. The van der Waals surface area contributed by atoms with Crippen LogP contribution in [0.3, 0.4) is 0 Å². The number of nitrogens with one attached hydrogen (secondary N) is 3. The van der Waals surface area contributed by atoms with Gasteiger partial charge in [-0.1, -0.05) is 12.1 Å². The van der Waals surface area contributed by atoms with Gasteiger partial charge in [-0.2, -0.15) is 5.10 Å². The number of aromatic nitrogens is 2. The molecule has 0 spiro atoms. The van der Waals surface area contributed by atoms with E-state index in [1.54, 1.807) is 13.3 Å². The molecule has 3 N–H and O–H groups in total. The second-order valence-electron chi connectivity index (χ2n) is 5.61. The number of hydrogen-bond donors (Lipinski definition) is 3. The van der Waals surface area contributed by atoms with Crippen molar-refractivity contribution in [2.24, 2.45) is 12.0 Å². The molecule has 0 amide bonds. The highest BCUT2D eigenvalue weighted by molar-refractivity contribution is 5.79. The van der Waals surface area contributed by atoms with Gasteiger partial charge < -0.3 is 20.7 Å². The first-order chi connectivity index (χ1) is 12.2. The van der Waals surface area contributed by atoms with E-state index in [4.69, 9.17) is 4.74 Å². The van der Waals surface area contributed by atoms with Crippen molar-refractivity contribution in [3.8, 4) is 0 Å². The molecule has 0 saturated heterocycles. The summed E-state index contributed by atoms with van der Waals surface area (Å²) in [6, 6.07) is 10.3. The quantitative estimate of drug-likeness (QED) is 0.367. The zero-order chi connectivity index (χ0) is 17.9. The van der Waals surface area contributed by atoms with Crippen molar-refractivity contribution in [2.45, 2.75) is 20.0 Å². The van der Waals surface area contributed by atoms with Gasteiger partial charge in [-0.05, 0) is 30.7 Å². The van der Waals surface area contributed by atoms with Gasteiger partial charge in [0, 0.05) is 39.1 Å². The van der Waals surface area contributed by atoms with E-state index < -0.39 is 0 Å². The normalized spacial score (nSPS) is 11.4. The van der Waals surface area contributed by atoms with Crippen LogP contribution in [-0.2, 0) is 24.9 Å². The predicted octanol–water partition coefficient (Wildman–Crippen LogP) is 1.73. The lowest BCUT2D eigenvalue weighted by molar-refractivity contribution is 0.211. The summed E-state index contributed by atoms with van der Waals surface area (Å²) in [4.78, 5) is 4.64. The average molecular weight is 344 g/mol. The number of rotatable bonds is 9. The van der Waals surface area contributed by atoms with Crippen LogP contribution in [0, 0.1) is 0 Å². The first-order valence-electron chi connectivity index (χ1n) is 8.53. The molecule has 0 radical (unpaired) electrons. The van der Waals surface area contributed by atoms with Crippen molar-refractivity contribution in [2.75, 3.05) is 32.1 Å². The van der Waals surface area contributed by atoms with Gasteiger partial charge in [0.25, 0.3) is 0 Å². The fourth-order valence-electron chi connectivity index (χ4n) is 2.29. The van der Waals surface area contributed by atoms with Gasteiger partial charge in [-0.15, -0.1) is 0 Å². The highest BCUT2D eigenvalue weighted by Crippen LogP contribution is 2.10. The second-order valence-corrected chi connectivity index (χ2v) is 5.61. The minimum absolute atomic E-state index is 0.624. The maximum Gasteiger partial charge on any atom is 0.191 e. The SMILES string of the molecule is CCNC(=NCc1ccc(NCCOC)cc1)NCc1ccnn1C. The van der Waals surface area contributed by atoms with Crippen LogP contribution in [-0.4, -0.2) is 42.5 Å². The van der Waals surface area contributed by atoms with Gasteiger partial charge in [0.05, 0.1) is 25.4 Å². The molecule has 0 aliphatic carbocycles. The Morgan fingerprint density at radius 2 is 2.00 bits per heavy atom. The van der Waals surface area contributed by atoms with Gasteiger partial charge in [0.2, 0.25) is 0 Å². The van der Waals surface area contributed by atoms with E-state index in [2.05, 4.69) is 57.2 Å². The van der Waals surface area contributed by atoms with Crippen LogP contribution in [0.1, 0.15) is 18.2 Å². The number of aliphatic imine (C=N–C) groups is 1. The van der Waals surface area contributed by atoms with Gasteiger partial charge in [0.15, 0.2) is 5.96 Å². The standard InChI is InChI=1S/C18H28N6O/c1-4-19-18(22-14-17-9-10-23-24(17)2)21-13-15-5-7-16(8-6-15)20-11-12-25-3/h5-10,20H,4,11-14H2,1-3H3,(H2,19,21,22). The van der Waals surface area contributed by atoms with Crippen LogP contribution >= 0.6 is 0 Å². The molecule has 2 aromatic rings. The molecule has 0 atom stereocenters. The predicted molar refractivity (Wildman–Crippen MR) is 102 cm³/mol. The minimum atomic E-state index is 0.624. The van der Waals surface area contributed by atoms with Gasteiger partial charge in [-0.25, -0.2) is 4.99 Å². The Labute approximate surface area is 149 Å². The van der Waals surface area contributed by atoms with Gasteiger partial charge in [0.1, 0.15) is 0 Å². The highest BCUT2D eigenvalue weighted by atomic mass is 16.5. The monoisotopic (exact) mass is 344 g/mol. The van der Waals surface area contributed by atoms with Crippen molar-refractivity contribution >= 4 is 11.6 Å². The van der Waals surface area contributed by atoms with Crippen LogP contribution in [0.5, 0.6) is 0 Å². The number of nitrogens with zero attached hydrogens (tertiary/aromatic N) is 3. The molecule has 1 heterocycles. The summed E-state index contributed by atoms with van der Waals surface area (Å²) in [6.07, 6.45) is 1.79. The first-order valence-corrected chi connectivity index (χ1v) is 8.53. The third-order valence-corrected chi connectivity index (χ3v) is 3.71. The third-order valence-electron chi connectivity index (χ3n) is 3.71. The fraction of sp³-hybridized carbons (Fsp3) is 0.444. The molecular formula is C18H28N6O. The maximum absolute atomic E-state index is 5.03. The highest BCUT2D eigenvalue weighted by Gasteiger charge is 2.01. The average Bonchev–Trinajstić information content (AvgIpc) is 3.04. The Morgan fingerprint density at radius 3 is 2.64 bits per heavy atom. The Hall–Kier alpha value is -2.54. The summed E-state index contributed by atoms with van der Waals surface area (Å²) >= 11 is 0. The molecule has 2 rings (SSSR count). The lowest BCUT2D eigenvalue weighted by atomic mass is 10.2. The Morgan fingerprint density at radius 1 is 1.20 bits per heavy atom. The molecule has 0 fully saturated rings. The van der Waals surface area contributed by atoms with E-state index >= 15 is 0 Å². The molecule has 0 bridgehead atoms. The van der Waals surface area contributed by atoms with Crippen molar-refractivity contribution in [1.82, 2.24) is 20.4 Å². The summed E-state index contributed by atoms with van der Waals surface area (Å²) < 4.78 is 6.89. The lowest BCUT2D eigenvalue weighted by Crippen LogP contribution is -2.37. The van der Waals surface area contributed by atoms with E-state index in [-0.39, 0.29) is 0 Å². The smallest absolute Gasteiger partial charge is 0.191 e. The number of guanidine groups is 1. The summed E-state index contributed by atoms with van der Waals surface area (Å²) in [5.41, 5.74) is 3.36. The topological polar surface area (TPSA) is 75.5 Å².